The number of hydrogen-bond acceptors (Lipinski definition) is 8. The largest absolute Gasteiger partial charge is 0.476 e. The summed E-state index contributed by atoms with van der Waals surface area (Å²) in [5, 5.41) is 12.5. The third kappa shape index (κ3) is 6.58. The van der Waals surface area contributed by atoms with Crippen LogP contribution in [0.4, 0.5) is 5.95 Å². The van der Waals surface area contributed by atoms with Crippen LogP contribution in [0.1, 0.15) is 48.8 Å². The number of aromatic carboxylic acids is 1. The van der Waals surface area contributed by atoms with E-state index >= 15 is 0 Å². The Morgan fingerprint density at radius 2 is 1.83 bits per heavy atom. The zero-order valence-corrected chi connectivity index (χ0v) is 22.0. The maximum absolute atomic E-state index is 13.1. The number of carboxylic acids is 1. The van der Waals surface area contributed by atoms with Gasteiger partial charge in [-0.3, -0.25) is 4.68 Å². The van der Waals surface area contributed by atoms with Gasteiger partial charge in [-0.2, -0.15) is 18.5 Å². The number of nitrogens with one attached hydrogen (secondary N) is 1. The molecule has 0 aliphatic rings. The first-order valence-electron chi connectivity index (χ1n) is 11.3. The van der Waals surface area contributed by atoms with Crippen LogP contribution in [-0.4, -0.2) is 51.9 Å². The lowest BCUT2D eigenvalue weighted by atomic mass is 9.89. The summed E-state index contributed by atoms with van der Waals surface area (Å²) in [6.07, 6.45) is 0.716. The van der Waals surface area contributed by atoms with Crippen molar-refractivity contribution in [3.05, 3.63) is 47.2 Å². The summed E-state index contributed by atoms with van der Waals surface area (Å²) < 4.78 is 35.3. The van der Waals surface area contributed by atoms with Crippen LogP contribution in [-0.2, 0) is 17.1 Å². The minimum atomic E-state index is -4.27. The Balaban J connectivity index is 2.01. The highest BCUT2D eigenvalue weighted by Crippen LogP contribution is 2.29. The van der Waals surface area contributed by atoms with Crippen LogP contribution in [0.25, 0.3) is 11.3 Å². The minimum absolute atomic E-state index is 0.0105. The van der Waals surface area contributed by atoms with Crippen LogP contribution >= 0.6 is 0 Å². The van der Waals surface area contributed by atoms with Crippen molar-refractivity contribution < 1.29 is 23.1 Å². The number of ether oxygens (including phenoxy) is 1. The monoisotopic (exact) mass is 516 g/mol. The van der Waals surface area contributed by atoms with E-state index in [0.717, 1.165) is 27.4 Å². The molecular formula is C24H32N6O5S. The number of carbonyl (C=O) groups is 1. The molecule has 0 aliphatic carbocycles. The number of nitrogens with zero attached hydrogens (tertiary/aromatic N) is 4. The topological polar surface area (TPSA) is 162 Å². The first-order chi connectivity index (χ1) is 16.7. The van der Waals surface area contributed by atoms with E-state index in [1.165, 1.54) is 7.05 Å². The minimum Gasteiger partial charge on any atom is -0.476 e. The number of aryl methyl sites for hydroxylation is 3. The highest BCUT2D eigenvalue weighted by atomic mass is 32.2. The third-order valence-electron chi connectivity index (χ3n) is 5.32. The van der Waals surface area contributed by atoms with Crippen molar-refractivity contribution in [3.8, 4) is 17.1 Å². The Bertz CT molecular complexity index is 1360. The fourth-order valence-electron chi connectivity index (χ4n) is 3.91. The zero-order valence-electron chi connectivity index (χ0n) is 21.2. The van der Waals surface area contributed by atoms with E-state index in [9.17, 15) is 13.2 Å². The number of hydrogen-bond donors (Lipinski definition) is 3. The highest BCUT2D eigenvalue weighted by Gasteiger charge is 2.25. The van der Waals surface area contributed by atoms with Crippen LogP contribution in [0.5, 0.6) is 5.88 Å². The normalized spacial score (nSPS) is 12.9. The molecule has 0 saturated carbocycles. The molecule has 2 aromatic heterocycles. The lowest BCUT2D eigenvalue weighted by Crippen LogP contribution is -2.32. The van der Waals surface area contributed by atoms with E-state index in [0.29, 0.717) is 12.1 Å². The molecule has 11 nitrogen and oxygen atoms in total. The molecule has 3 rings (SSSR count). The molecule has 4 N–H and O–H groups in total. The van der Waals surface area contributed by atoms with E-state index < -0.39 is 21.7 Å². The lowest BCUT2D eigenvalue weighted by molar-refractivity contribution is 0.0689. The van der Waals surface area contributed by atoms with Gasteiger partial charge in [-0.1, -0.05) is 39.0 Å². The Morgan fingerprint density at radius 1 is 1.19 bits per heavy atom. The highest BCUT2D eigenvalue weighted by molar-refractivity contribution is 7.92. The van der Waals surface area contributed by atoms with Gasteiger partial charge < -0.3 is 15.6 Å². The van der Waals surface area contributed by atoms with Gasteiger partial charge in [-0.15, -0.1) is 0 Å². The zero-order chi connectivity index (χ0) is 26.8. The molecule has 1 aromatic carbocycles. The Kier molecular flexibility index (Phi) is 7.70. The van der Waals surface area contributed by atoms with Crippen LogP contribution in [0, 0.1) is 19.3 Å². The Labute approximate surface area is 210 Å². The molecule has 2 heterocycles. The predicted molar refractivity (Wildman–Crippen MR) is 135 cm³/mol. The first kappa shape index (κ1) is 27.1. The Hall–Kier alpha value is -3.51. The molecule has 194 valence electrons. The number of aromatic nitrogens is 4. The number of rotatable bonds is 9. The van der Waals surface area contributed by atoms with E-state index in [1.807, 2.05) is 32.0 Å². The van der Waals surface area contributed by atoms with Gasteiger partial charge in [-0.05, 0) is 36.8 Å². The van der Waals surface area contributed by atoms with Gasteiger partial charge in [0.05, 0.1) is 5.69 Å². The predicted octanol–water partition coefficient (Wildman–Crippen LogP) is 3.14. The standard InChI is InChI=1S/C24H32N6O5S/c1-14-8-7-9-15(2)21(14)17-10-19(35-13-16(25)12-24(3,4)5)27-23(26-17)29-36(33,34)20-11-18(22(31)32)28-30(20)6/h7-11,16H,12-13,25H2,1-6H3,(H,31,32)(H,26,27,29). The molecule has 0 bridgehead atoms. The fraction of sp³-hybridized carbons (Fsp3) is 0.417. The third-order valence-corrected chi connectivity index (χ3v) is 6.70. The van der Waals surface area contributed by atoms with Crippen LogP contribution in [0.2, 0.25) is 0 Å². The molecule has 0 spiro atoms. The molecule has 3 aromatic rings. The second-order valence-electron chi connectivity index (χ2n) is 9.92. The van der Waals surface area contributed by atoms with Gasteiger partial charge in [-0.25, -0.2) is 14.5 Å². The van der Waals surface area contributed by atoms with Crippen molar-refractivity contribution in [1.29, 1.82) is 0 Å². The quantitative estimate of drug-likeness (QED) is 0.388. The number of sulfonamides is 1. The lowest BCUT2D eigenvalue weighted by Gasteiger charge is -2.23. The Morgan fingerprint density at radius 3 is 2.39 bits per heavy atom. The van der Waals surface area contributed by atoms with Crippen molar-refractivity contribution in [2.24, 2.45) is 18.2 Å². The molecule has 36 heavy (non-hydrogen) atoms. The fourth-order valence-corrected chi connectivity index (χ4v) is 5.00. The summed E-state index contributed by atoms with van der Waals surface area (Å²) in [5.41, 5.74) is 9.00. The second kappa shape index (κ2) is 10.2. The van der Waals surface area contributed by atoms with Gasteiger partial charge in [0, 0.05) is 30.8 Å². The van der Waals surface area contributed by atoms with E-state index in [-0.39, 0.29) is 34.9 Å². The summed E-state index contributed by atoms with van der Waals surface area (Å²) in [7, 11) is -2.93. The molecule has 1 atom stereocenters. The number of nitrogens with two attached hydrogens (primary N) is 1. The van der Waals surface area contributed by atoms with Crippen molar-refractivity contribution >= 4 is 21.9 Å². The van der Waals surface area contributed by atoms with E-state index in [2.05, 4.69) is 40.6 Å². The van der Waals surface area contributed by atoms with Crippen LogP contribution in [0.15, 0.2) is 35.4 Å². The van der Waals surface area contributed by atoms with Crippen molar-refractivity contribution in [2.75, 3.05) is 11.3 Å². The smallest absolute Gasteiger partial charge is 0.356 e. The number of carboxylic acid groups (broad SMARTS) is 1. The van der Waals surface area contributed by atoms with E-state index in [1.54, 1.807) is 6.07 Å². The average molecular weight is 517 g/mol. The van der Waals surface area contributed by atoms with Crippen molar-refractivity contribution in [3.63, 3.8) is 0 Å². The second-order valence-corrected chi connectivity index (χ2v) is 11.5. The van der Waals surface area contributed by atoms with Gasteiger partial charge in [0.1, 0.15) is 6.61 Å². The molecule has 0 aliphatic heterocycles. The molecule has 1 unspecified atom stereocenters. The molecule has 12 heteroatoms. The average Bonchev–Trinajstić information content (AvgIpc) is 3.14. The number of benzene rings is 1. The van der Waals surface area contributed by atoms with Crippen molar-refractivity contribution in [1.82, 2.24) is 19.7 Å². The summed E-state index contributed by atoms with van der Waals surface area (Å²) >= 11 is 0. The van der Waals surface area contributed by atoms with Crippen LogP contribution in [0.3, 0.4) is 0 Å². The molecular weight excluding hydrogens is 484 g/mol. The van der Waals surface area contributed by atoms with Crippen molar-refractivity contribution in [2.45, 2.75) is 52.1 Å². The summed E-state index contributed by atoms with van der Waals surface area (Å²) in [6.45, 7) is 10.3. The van der Waals surface area contributed by atoms with Gasteiger partial charge in [0.15, 0.2) is 10.7 Å². The first-order valence-corrected chi connectivity index (χ1v) is 12.8. The maximum atomic E-state index is 13.1. The van der Waals surface area contributed by atoms with Crippen LogP contribution < -0.4 is 15.2 Å². The maximum Gasteiger partial charge on any atom is 0.356 e. The SMILES string of the molecule is Cc1cccc(C)c1-c1cc(OCC(N)CC(C)(C)C)nc(NS(=O)(=O)c2cc(C(=O)O)nn2C)n1. The molecule has 0 fully saturated rings. The van der Waals surface area contributed by atoms with Gasteiger partial charge in [0.2, 0.25) is 11.8 Å². The molecule has 0 amide bonds. The molecule has 0 radical (unpaired) electrons. The number of anilines is 1. The molecule has 0 saturated heterocycles. The summed E-state index contributed by atoms with van der Waals surface area (Å²) in [6, 6.07) is 8.12. The summed E-state index contributed by atoms with van der Waals surface area (Å²) in [5.74, 6) is -1.42. The van der Waals surface area contributed by atoms with Gasteiger partial charge >= 0.3 is 5.97 Å². The van der Waals surface area contributed by atoms with E-state index in [4.69, 9.17) is 15.6 Å². The summed E-state index contributed by atoms with van der Waals surface area (Å²) in [4.78, 5) is 19.9. The van der Waals surface area contributed by atoms with Gasteiger partial charge in [0.25, 0.3) is 10.0 Å².